The topological polar surface area (TPSA) is 114 Å². The second kappa shape index (κ2) is 6.27. The Morgan fingerprint density at radius 1 is 1.62 bits per heavy atom. The van der Waals surface area contributed by atoms with Crippen LogP contribution in [0.25, 0.3) is 0 Å². The van der Waals surface area contributed by atoms with Crippen molar-refractivity contribution >= 4 is 22.6 Å². The largest absolute Gasteiger partial charge is 0.411 e. The molecule has 21 heavy (non-hydrogen) atoms. The maximum Gasteiger partial charge on any atom is 0.330 e. The molecule has 1 aliphatic rings. The summed E-state index contributed by atoms with van der Waals surface area (Å²) in [5.74, 6) is 0.308. The van der Waals surface area contributed by atoms with Crippen LogP contribution < -0.4 is 11.2 Å². The van der Waals surface area contributed by atoms with E-state index in [0.717, 1.165) is 11.8 Å². The van der Waals surface area contributed by atoms with Crippen LogP contribution in [0.2, 0.25) is 0 Å². The Kier molecular flexibility index (Phi) is 4.63. The van der Waals surface area contributed by atoms with Gasteiger partial charge in [-0.2, -0.15) is 0 Å². The Hall–Kier alpha value is -1.87. The summed E-state index contributed by atoms with van der Waals surface area (Å²) < 4.78 is 6.90. The lowest BCUT2D eigenvalue weighted by atomic mass is 10.2. The molecule has 0 spiro atoms. The van der Waals surface area contributed by atoms with Gasteiger partial charge in [-0.15, -0.1) is 0 Å². The Morgan fingerprint density at radius 3 is 2.95 bits per heavy atom. The van der Waals surface area contributed by atoms with E-state index >= 15 is 0 Å². The van der Waals surface area contributed by atoms with Crippen LogP contribution in [-0.4, -0.2) is 37.4 Å². The van der Waals surface area contributed by atoms with E-state index in [1.165, 1.54) is 17.7 Å². The summed E-state index contributed by atoms with van der Waals surface area (Å²) in [6.07, 6.45) is 0.399. The van der Waals surface area contributed by atoms with E-state index in [9.17, 15) is 14.4 Å². The van der Waals surface area contributed by atoms with Crippen molar-refractivity contribution < 1.29 is 14.7 Å². The van der Waals surface area contributed by atoms with Crippen molar-refractivity contribution in [2.45, 2.75) is 32.6 Å². The second-order valence-electron chi connectivity index (χ2n) is 4.66. The number of nitrogens with one attached hydrogen (secondary N) is 1. The van der Waals surface area contributed by atoms with E-state index < -0.39 is 23.6 Å². The minimum absolute atomic E-state index is 0.0728. The highest BCUT2D eigenvalue weighted by Gasteiger charge is 2.34. The number of aromatic amines is 1. The number of thioether (sulfide) groups is 1. The minimum Gasteiger partial charge on any atom is -0.411 e. The van der Waals surface area contributed by atoms with Crippen molar-refractivity contribution in [3.05, 3.63) is 32.6 Å². The molecule has 1 fully saturated rings. The number of aryl methyl sites for hydroxylation is 1. The third-order valence-corrected chi connectivity index (χ3v) is 3.98. The number of carbonyl (C=O) groups excluding carboxylic acids is 1. The molecular formula is C12H15N3O5S. The van der Waals surface area contributed by atoms with Crippen molar-refractivity contribution in [3.8, 4) is 0 Å². The normalized spacial score (nSPS) is 23.6. The van der Waals surface area contributed by atoms with Crippen LogP contribution in [0.4, 0.5) is 0 Å². The van der Waals surface area contributed by atoms with Crippen molar-refractivity contribution in [3.63, 3.8) is 0 Å². The first-order chi connectivity index (χ1) is 9.92. The molecule has 1 aromatic heterocycles. The quantitative estimate of drug-likeness (QED) is 0.610. The number of hydrogen-bond donors (Lipinski definition) is 2. The molecule has 0 aliphatic carbocycles. The average Bonchev–Trinajstić information content (AvgIpc) is 2.83. The number of H-pyrrole nitrogens is 1. The van der Waals surface area contributed by atoms with Gasteiger partial charge in [0.1, 0.15) is 12.3 Å². The molecule has 0 amide bonds. The maximum atomic E-state index is 11.8. The Morgan fingerprint density at radius 2 is 2.33 bits per heavy atom. The standard InChI is InChI=1S/C12H15N3O5S/c1-6-4-15(12(18)13-11(6)17)10-3-8(14-19)9(20-10)5-21-7(2)16/h4,9-10,19H,3,5H2,1-2H3,(H,13,17,18)/t9-,10-/m1/s1. The lowest BCUT2D eigenvalue weighted by molar-refractivity contribution is -0.109. The zero-order valence-electron chi connectivity index (χ0n) is 11.5. The molecule has 2 atom stereocenters. The predicted octanol–water partition coefficient (Wildman–Crippen LogP) is 0.242. The first-order valence-corrected chi connectivity index (χ1v) is 7.22. The number of rotatable bonds is 3. The van der Waals surface area contributed by atoms with Gasteiger partial charge in [0, 0.05) is 30.9 Å². The smallest absolute Gasteiger partial charge is 0.330 e. The SMILES string of the molecule is CC(=O)SC[C@H]1O[C@@H](n2cc(C)c(=O)[nH]c2=O)CC1=NO. The summed E-state index contributed by atoms with van der Waals surface area (Å²) in [5, 5.41) is 12.1. The average molecular weight is 313 g/mol. The monoisotopic (exact) mass is 313 g/mol. The van der Waals surface area contributed by atoms with E-state index in [4.69, 9.17) is 9.94 Å². The van der Waals surface area contributed by atoms with Gasteiger partial charge < -0.3 is 9.94 Å². The molecule has 1 aromatic rings. The van der Waals surface area contributed by atoms with Crippen LogP contribution in [0.1, 0.15) is 25.1 Å². The third-order valence-electron chi connectivity index (χ3n) is 3.10. The number of nitrogens with zero attached hydrogens (tertiary/aromatic N) is 2. The van der Waals surface area contributed by atoms with Gasteiger partial charge in [-0.05, 0) is 6.92 Å². The van der Waals surface area contributed by atoms with Crippen molar-refractivity contribution in [1.82, 2.24) is 9.55 Å². The van der Waals surface area contributed by atoms with Crippen molar-refractivity contribution in [2.24, 2.45) is 5.16 Å². The van der Waals surface area contributed by atoms with Crippen LogP contribution in [0.3, 0.4) is 0 Å². The van der Waals surface area contributed by atoms with Gasteiger partial charge in [-0.25, -0.2) is 4.79 Å². The molecule has 114 valence electrons. The maximum absolute atomic E-state index is 11.8. The highest BCUT2D eigenvalue weighted by molar-refractivity contribution is 8.13. The van der Waals surface area contributed by atoms with Gasteiger partial charge >= 0.3 is 5.69 Å². The highest BCUT2D eigenvalue weighted by Crippen LogP contribution is 2.27. The lowest BCUT2D eigenvalue weighted by Gasteiger charge is -2.14. The Balaban J connectivity index is 2.24. The molecule has 8 nitrogen and oxygen atoms in total. The summed E-state index contributed by atoms with van der Waals surface area (Å²) in [6.45, 7) is 3.01. The van der Waals surface area contributed by atoms with E-state index in [1.807, 2.05) is 0 Å². The Bertz CT molecular complexity index is 693. The number of carbonyl (C=O) groups is 1. The first-order valence-electron chi connectivity index (χ1n) is 6.24. The van der Waals surface area contributed by atoms with Crippen LogP contribution >= 0.6 is 11.8 Å². The number of aromatic nitrogens is 2. The fourth-order valence-electron chi connectivity index (χ4n) is 2.02. The van der Waals surface area contributed by atoms with Gasteiger partial charge in [-0.3, -0.25) is 19.1 Å². The molecule has 2 heterocycles. The molecule has 0 radical (unpaired) electrons. The van der Waals surface area contributed by atoms with Gasteiger partial charge in [0.25, 0.3) is 5.56 Å². The molecule has 0 bridgehead atoms. The lowest BCUT2D eigenvalue weighted by Crippen LogP contribution is -2.33. The number of hydrogen-bond acceptors (Lipinski definition) is 7. The van der Waals surface area contributed by atoms with Gasteiger partial charge in [0.2, 0.25) is 0 Å². The van der Waals surface area contributed by atoms with E-state index in [-0.39, 0.29) is 11.5 Å². The fourth-order valence-corrected chi connectivity index (χ4v) is 2.68. The second-order valence-corrected chi connectivity index (χ2v) is 5.85. The van der Waals surface area contributed by atoms with Gasteiger partial charge in [0.15, 0.2) is 5.12 Å². The summed E-state index contributed by atoms with van der Waals surface area (Å²) in [6, 6.07) is 0. The zero-order chi connectivity index (χ0) is 15.6. The van der Waals surface area contributed by atoms with Crippen LogP contribution in [0.15, 0.2) is 20.9 Å². The van der Waals surface area contributed by atoms with Crippen molar-refractivity contribution in [2.75, 3.05) is 5.75 Å². The molecule has 0 aromatic carbocycles. The third kappa shape index (κ3) is 3.42. The van der Waals surface area contributed by atoms with E-state index in [1.54, 1.807) is 6.92 Å². The predicted molar refractivity (Wildman–Crippen MR) is 76.9 cm³/mol. The van der Waals surface area contributed by atoms with Gasteiger partial charge in [0.05, 0.1) is 5.71 Å². The molecule has 1 saturated heterocycles. The molecule has 2 rings (SSSR count). The summed E-state index contributed by atoms with van der Waals surface area (Å²) in [5.41, 5.74) is -0.298. The summed E-state index contributed by atoms with van der Waals surface area (Å²) in [4.78, 5) is 36.4. The van der Waals surface area contributed by atoms with Crippen molar-refractivity contribution in [1.29, 1.82) is 0 Å². The zero-order valence-corrected chi connectivity index (χ0v) is 12.3. The van der Waals surface area contributed by atoms with Crippen LogP contribution in [-0.2, 0) is 9.53 Å². The highest BCUT2D eigenvalue weighted by atomic mass is 32.2. The fraction of sp³-hybridized carbons (Fsp3) is 0.500. The minimum atomic E-state index is -0.670. The first kappa shape index (κ1) is 15.5. The molecule has 1 aliphatic heterocycles. The summed E-state index contributed by atoms with van der Waals surface area (Å²) in [7, 11) is 0. The number of ether oxygens (including phenoxy) is 1. The molecular weight excluding hydrogens is 298 g/mol. The molecule has 0 unspecified atom stereocenters. The van der Waals surface area contributed by atoms with Crippen LogP contribution in [0.5, 0.6) is 0 Å². The molecule has 0 saturated carbocycles. The van der Waals surface area contributed by atoms with E-state index in [0.29, 0.717) is 17.0 Å². The summed E-state index contributed by atoms with van der Waals surface area (Å²) >= 11 is 1.05. The Labute approximate surface area is 123 Å². The molecule has 2 N–H and O–H groups in total. The van der Waals surface area contributed by atoms with E-state index in [2.05, 4.69) is 10.1 Å². The van der Waals surface area contributed by atoms with Crippen LogP contribution in [0, 0.1) is 6.92 Å². The number of oxime groups is 1. The van der Waals surface area contributed by atoms with Gasteiger partial charge in [-0.1, -0.05) is 16.9 Å². The molecule has 9 heteroatoms.